The van der Waals surface area contributed by atoms with Crippen molar-refractivity contribution >= 4 is 5.91 Å². The summed E-state index contributed by atoms with van der Waals surface area (Å²) in [4.78, 5) is 12.8. The molecule has 2 fully saturated rings. The molecule has 0 spiro atoms. The van der Waals surface area contributed by atoms with Gasteiger partial charge >= 0.3 is 0 Å². The summed E-state index contributed by atoms with van der Waals surface area (Å²) >= 11 is 0. The number of carbonyl (C=O) groups excluding carboxylic acids is 1. The molecule has 0 bridgehead atoms. The highest BCUT2D eigenvalue weighted by Gasteiger charge is 2.52. The van der Waals surface area contributed by atoms with Gasteiger partial charge in [-0.15, -0.1) is 0 Å². The van der Waals surface area contributed by atoms with Crippen LogP contribution in [0.2, 0.25) is 0 Å². The lowest BCUT2D eigenvalue weighted by molar-refractivity contribution is -0.124. The van der Waals surface area contributed by atoms with Crippen LogP contribution in [0.15, 0.2) is 18.2 Å². The molecule has 22 heavy (non-hydrogen) atoms. The average Bonchev–Trinajstić information content (AvgIpc) is 3.37. The zero-order valence-corrected chi connectivity index (χ0v) is 12.9. The van der Waals surface area contributed by atoms with Crippen LogP contribution >= 0.6 is 0 Å². The van der Waals surface area contributed by atoms with Crippen molar-refractivity contribution in [2.45, 2.75) is 56.4 Å². The van der Waals surface area contributed by atoms with E-state index in [4.69, 9.17) is 9.47 Å². The summed E-state index contributed by atoms with van der Waals surface area (Å²) < 4.78 is 11.2. The molecule has 1 aromatic carbocycles. The molecule has 1 aliphatic heterocycles. The molecule has 0 atom stereocenters. The van der Waals surface area contributed by atoms with E-state index in [1.807, 2.05) is 18.2 Å². The lowest BCUT2D eigenvalue weighted by atomic mass is 9.91. The smallest absolute Gasteiger partial charge is 0.230 e. The first kappa shape index (κ1) is 13.9. The predicted molar refractivity (Wildman–Crippen MR) is 83.4 cm³/mol. The van der Waals surface area contributed by atoms with E-state index in [-0.39, 0.29) is 11.3 Å². The van der Waals surface area contributed by atoms with E-state index in [1.54, 1.807) is 0 Å². The first-order valence-corrected chi connectivity index (χ1v) is 8.49. The molecule has 1 amide bonds. The number of ether oxygens (including phenoxy) is 2. The summed E-state index contributed by atoms with van der Waals surface area (Å²) in [7, 11) is 0. The largest absolute Gasteiger partial charge is 0.486 e. The third kappa shape index (κ3) is 2.44. The van der Waals surface area contributed by atoms with Crippen LogP contribution in [0.3, 0.4) is 0 Å². The van der Waals surface area contributed by atoms with Gasteiger partial charge in [-0.3, -0.25) is 4.79 Å². The van der Waals surface area contributed by atoms with Crippen molar-refractivity contribution in [1.82, 2.24) is 5.32 Å². The van der Waals surface area contributed by atoms with Gasteiger partial charge in [-0.25, -0.2) is 0 Å². The van der Waals surface area contributed by atoms with Crippen LogP contribution in [0.1, 0.15) is 50.5 Å². The number of benzene rings is 1. The SMILES string of the molecule is O=C(NC1CCCCC1)C1(c2ccc3c(c2)OCCO3)CC1. The van der Waals surface area contributed by atoms with E-state index >= 15 is 0 Å². The number of hydrogen-bond acceptors (Lipinski definition) is 3. The standard InChI is InChI=1S/C18H23NO3/c20-17(19-14-4-2-1-3-5-14)18(8-9-18)13-6-7-15-16(12-13)22-11-10-21-15/h6-7,12,14H,1-5,8-11H2,(H,19,20). The Morgan fingerprint density at radius 2 is 1.77 bits per heavy atom. The van der Waals surface area contributed by atoms with Crippen LogP contribution in [0.4, 0.5) is 0 Å². The summed E-state index contributed by atoms with van der Waals surface area (Å²) in [5.41, 5.74) is 0.748. The predicted octanol–water partition coefficient (Wildman–Crippen LogP) is 2.94. The highest BCUT2D eigenvalue weighted by Crippen LogP contribution is 2.50. The van der Waals surface area contributed by atoms with Crippen molar-refractivity contribution in [2.75, 3.05) is 13.2 Å². The minimum atomic E-state index is -0.326. The molecule has 0 unspecified atom stereocenters. The number of amides is 1. The summed E-state index contributed by atoms with van der Waals surface area (Å²) in [6.45, 7) is 1.18. The maximum atomic E-state index is 12.8. The Morgan fingerprint density at radius 1 is 1.05 bits per heavy atom. The van der Waals surface area contributed by atoms with Gasteiger partial charge in [0.25, 0.3) is 0 Å². The quantitative estimate of drug-likeness (QED) is 0.934. The van der Waals surface area contributed by atoms with Gasteiger partial charge in [-0.2, -0.15) is 0 Å². The Morgan fingerprint density at radius 3 is 2.50 bits per heavy atom. The molecule has 2 aliphatic carbocycles. The fraction of sp³-hybridized carbons (Fsp3) is 0.611. The van der Waals surface area contributed by atoms with E-state index in [0.29, 0.717) is 19.3 Å². The molecule has 0 radical (unpaired) electrons. The normalized spacial score (nSPS) is 22.9. The van der Waals surface area contributed by atoms with E-state index in [0.717, 1.165) is 42.7 Å². The molecule has 0 saturated heterocycles. The molecular formula is C18H23NO3. The van der Waals surface area contributed by atoms with Gasteiger partial charge in [0.05, 0.1) is 5.41 Å². The molecule has 3 aliphatic rings. The number of hydrogen-bond donors (Lipinski definition) is 1. The zero-order chi connectivity index (χ0) is 15.0. The van der Waals surface area contributed by atoms with Crippen LogP contribution in [-0.4, -0.2) is 25.2 Å². The Labute approximate surface area is 131 Å². The van der Waals surface area contributed by atoms with Crippen molar-refractivity contribution < 1.29 is 14.3 Å². The molecule has 2 saturated carbocycles. The number of carbonyl (C=O) groups is 1. The Balaban J connectivity index is 1.52. The van der Waals surface area contributed by atoms with E-state index in [2.05, 4.69) is 5.32 Å². The fourth-order valence-electron chi connectivity index (χ4n) is 3.68. The van der Waals surface area contributed by atoms with Crippen LogP contribution in [-0.2, 0) is 10.2 Å². The molecular weight excluding hydrogens is 278 g/mol. The topological polar surface area (TPSA) is 47.6 Å². The van der Waals surface area contributed by atoms with Crippen molar-refractivity contribution in [3.05, 3.63) is 23.8 Å². The lowest BCUT2D eigenvalue weighted by Crippen LogP contribution is -2.42. The minimum Gasteiger partial charge on any atom is -0.486 e. The zero-order valence-electron chi connectivity index (χ0n) is 12.9. The molecule has 118 valence electrons. The van der Waals surface area contributed by atoms with Gasteiger partial charge in [0.1, 0.15) is 13.2 Å². The van der Waals surface area contributed by atoms with E-state index < -0.39 is 0 Å². The van der Waals surface area contributed by atoms with Crippen LogP contribution in [0, 0.1) is 0 Å². The summed E-state index contributed by atoms with van der Waals surface area (Å²) in [5.74, 6) is 1.77. The van der Waals surface area contributed by atoms with Gasteiger partial charge in [-0.05, 0) is 43.4 Å². The van der Waals surface area contributed by atoms with Crippen molar-refractivity contribution in [1.29, 1.82) is 0 Å². The van der Waals surface area contributed by atoms with Crippen molar-refractivity contribution in [3.8, 4) is 11.5 Å². The van der Waals surface area contributed by atoms with Gasteiger partial charge in [0, 0.05) is 6.04 Å². The van der Waals surface area contributed by atoms with Gasteiger partial charge in [0.15, 0.2) is 11.5 Å². The summed E-state index contributed by atoms with van der Waals surface area (Å²) in [6.07, 6.45) is 7.91. The highest BCUT2D eigenvalue weighted by atomic mass is 16.6. The average molecular weight is 301 g/mol. The van der Waals surface area contributed by atoms with Gasteiger partial charge < -0.3 is 14.8 Å². The maximum absolute atomic E-state index is 12.8. The first-order valence-electron chi connectivity index (χ1n) is 8.49. The van der Waals surface area contributed by atoms with Gasteiger partial charge in [0.2, 0.25) is 5.91 Å². The molecule has 4 rings (SSSR count). The summed E-state index contributed by atoms with van der Waals surface area (Å²) in [6, 6.07) is 6.34. The second-order valence-electron chi connectivity index (χ2n) is 6.75. The third-order valence-corrected chi connectivity index (χ3v) is 5.22. The number of rotatable bonds is 3. The van der Waals surface area contributed by atoms with Crippen molar-refractivity contribution in [2.24, 2.45) is 0 Å². The molecule has 0 aromatic heterocycles. The number of nitrogens with one attached hydrogen (secondary N) is 1. The number of fused-ring (bicyclic) bond motifs is 1. The van der Waals surface area contributed by atoms with E-state index in [1.165, 1.54) is 19.3 Å². The van der Waals surface area contributed by atoms with Crippen molar-refractivity contribution in [3.63, 3.8) is 0 Å². The third-order valence-electron chi connectivity index (χ3n) is 5.22. The van der Waals surface area contributed by atoms with Gasteiger partial charge in [-0.1, -0.05) is 25.3 Å². The van der Waals surface area contributed by atoms with Crippen LogP contribution in [0.25, 0.3) is 0 Å². The maximum Gasteiger partial charge on any atom is 0.230 e. The summed E-state index contributed by atoms with van der Waals surface area (Å²) in [5, 5.41) is 3.29. The molecule has 1 heterocycles. The first-order chi connectivity index (χ1) is 10.8. The Bertz CT molecular complexity index is 574. The Kier molecular flexibility index (Phi) is 3.47. The monoisotopic (exact) mass is 301 g/mol. The highest BCUT2D eigenvalue weighted by molar-refractivity contribution is 5.91. The lowest BCUT2D eigenvalue weighted by Gasteiger charge is -2.26. The van der Waals surface area contributed by atoms with Crippen LogP contribution in [0.5, 0.6) is 11.5 Å². The molecule has 4 nitrogen and oxygen atoms in total. The van der Waals surface area contributed by atoms with Crippen LogP contribution < -0.4 is 14.8 Å². The second kappa shape index (κ2) is 5.49. The minimum absolute atomic E-state index is 0.205. The molecule has 1 aromatic rings. The molecule has 4 heteroatoms. The second-order valence-corrected chi connectivity index (χ2v) is 6.75. The molecule has 1 N–H and O–H groups in total. The fourth-order valence-corrected chi connectivity index (χ4v) is 3.68. The Hall–Kier alpha value is -1.71. The van der Waals surface area contributed by atoms with E-state index in [9.17, 15) is 4.79 Å².